The van der Waals surface area contributed by atoms with Crippen LogP contribution in [0.3, 0.4) is 0 Å². The summed E-state index contributed by atoms with van der Waals surface area (Å²) in [6.45, 7) is 12.0. The molecule has 0 bridgehead atoms. The third-order valence-electron chi connectivity index (χ3n) is 8.86. The fraction of sp³-hybridized carbons (Fsp3) is 0.438. The molecule has 14 heteroatoms. The molecule has 2 saturated heterocycles. The highest BCUT2D eigenvalue weighted by Gasteiger charge is 2.47. The van der Waals surface area contributed by atoms with Gasteiger partial charge in [0.15, 0.2) is 9.84 Å². The number of hydrogen-bond acceptors (Lipinski definition) is 6. The fourth-order valence-corrected chi connectivity index (χ4v) is 7.50. The van der Waals surface area contributed by atoms with Gasteiger partial charge in [-0.25, -0.2) is 27.8 Å². The molecule has 3 aliphatic heterocycles. The minimum Gasteiger partial charge on any atom is -0.324 e. The number of benzene rings is 2. The quantitative estimate of drug-likeness (QED) is 0.364. The number of piperidine rings is 2. The van der Waals surface area contributed by atoms with Crippen molar-refractivity contribution in [2.24, 2.45) is 0 Å². The van der Waals surface area contributed by atoms with Gasteiger partial charge in [0.2, 0.25) is 5.70 Å². The standard InChI is InChI=1S/C32H33F3N6O4S/c1-21-28(37-2)29(26-11-10-22(20-36)18-27(26)46(3,44)45)41(31(43)40(21)25-9-7-8-23(19-25)32(33,34)35)30(42)39-16-12-24(13-17-39)38-14-5-4-6-15-38/h7-11,18-19,24,29H,4-6,12-17H2,1,3H3/t29-/m1/s1. The van der Waals surface area contributed by atoms with E-state index in [2.05, 4.69) is 9.74 Å². The molecular formula is C32H33F3N6O4S. The number of rotatable bonds is 4. The Bertz CT molecular complexity index is 1760. The Labute approximate surface area is 266 Å². The second-order valence-electron chi connectivity index (χ2n) is 11.8. The molecule has 0 aliphatic carbocycles. The molecule has 0 aromatic heterocycles. The van der Waals surface area contributed by atoms with Gasteiger partial charge in [0, 0.05) is 36.8 Å². The molecule has 242 valence electrons. The topological polar surface area (TPSA) is 109 Å². The Morgan fingerprint density at radius 1 is 1.04 bits per heavy atom. The van der Waals surface area contributed by atoms with Gasteiger partial charge in [-0.3, -0.25) is 4.90 Å². The van der Waals surface area contributed by atoms with Crippen molar-refractivity contribution < 1.29 is 31.2 Å². The summed E-state index contributed by atoms with van der Waals surface area (Å²) in [6, 6.07) is 6.57. The SMILES string of the molecule is [C-]#[N+]C1=C(C)N(c2cccc(C(F)(F)F)c2)C(=O)N(C(=O)N2CCC(N3CCCCC3)CC2)[C@@H]1c1ccc(C#N)cc1S(C)(=O)=O. The molecule has 1 atom stereocenters. The number of hydrogen-bond donors (Lipinski definition) is 0. The van der Waals surface area contributed by atoms with Crippen LogP contribution in [0, 0.1) is 17.9 Å². The van der Waals surface area contributed by atoms with Crippen LogP contribution >= 0.6 is 0 Å². The Balaban J connectivity index is 1.63. The van der Waals surface area contributed by atoms with Crippen molar-refractivity contribution >= 4 is 27.6 Å². The zero-order valence-electron chi connectivity index (χ0n) is 25.4. The Morgan fingerprint density at radius 2 is 1.72 bits per heavy atom. The molecule has 3 aliphatic rings. The number of sulfone groups is 1. The van der Waals surface area contributed by atoms with Gasteiger partial charge < -0.3 is 9.80 Å². The monoisotopic (exact) mass is 654 g/mol. The number of carbonyl (C=O) groups is 2. The summed E-state index contributed by atoms with van der Waals surface area (Å²) in [5.74, 6) is 0. The predicted molar refractivity (Wildman–Crippen MR) is 163 cm³/mol. The number of allylic oxidation sites excluding steroid dienone is 1. The van der Waals surface area contributed by atoms with Crippen molar-refractivity contribution in [3.8, 4) is 6.07 Å². The van der Waals surface area contributed by atoms with Crippen LogP contribution in [0.15, 0.2) is 58.8 Å². The van der Waals surface area contributed by atoms with Gasteiger partial charge in [-0.05, 0) is 81.6 Å². The molecule has 2 aromatic rings. The van der Waals surface area contributed by atoms with E-state index in [1.54, 1.807) is 0 Å². The molecule has 46 heavy (non-hydrogen) atoms. The van der Waals surface area contributed by atoms with E-state index in [0.29, 0.717) is 25.9 Å². The highest BCUT2D eigenvalue weighted by atomic mass is 32.2. The first-order chi connectivity index (χ1) is 21.8. The van der Waals surface area contributed by atoms with E-state index >= 15 is 0 Å². The lowest BCUT2D eigenvalue weighted by Gasteiger charge is -2.45. The lowest BCUT2D eigenvalue weighted by atomic mass is 9.96. The van der Waals surface area contributed by atoms with Crippen LogP contribution in [-0.2, 0) is 16.0 Å². The number of imide groups is 1. The second kappa shape index (κ2) is 12.8. The number of amides is 4. The zero-order chi connectivity index (χ0) is 33.4. The number of halogens is 3. The van der Waals surface area contributed by atoms with Crippen molar-refractivity contribution in [3.63, 3.8) is 0 Å². The van der Waals surface area contributed by atoms with Gasteiger partial charge in [-0.1, -0.05) is 18.6 Å². The first-order valence-electron chi connectivity index (χ1n) is 14.9. The molecule has 0 unspecified atom stereocenters. The number of anilines is 1. The molecule has 5 rings (SSSR count). The van der Waals surface area contributed by atoms with Gasteiger partial charge in [-0.15, -0.1) is 0 Å². The highest BCUT2D eigenvalue weighted by Crippen LogP contribution is 2.44. The third-order valence-corrected chi connectivity index (χ3v) is 10.0. The van der Waals surface area contributed by atoms with Crippen LogP contribution in [0.5, 0.6) is 0 Å². The molecule has 0 N–H and O–H groups in total. The Hall–Kier alpha value is -4.40. The number of urea groups is 2. The number of likely N-dealkylation sites (tertiary alicyclic amines) is 2. The summed E-state index contributed by atoms with van der Waals surface area (Å²) in [6.07, 6.45) is 0.865. The van der Waals surface area contributed by atoms with E-state index in [-0.39, 0.29) is 39.1 Å². The summed E-state index contributed by atoms with van der Waals surface area (Å²) in [5, 5.41) is 9.46. The molecule has 2 aromatic carbocycles. The van der Waals surface area contributed by atoms with Crippen LogP contribution in [0.1, 0.15) is 61.8 Å². The molecule has 4 amide bonds. The largest absolute Gasteiger partial charge is 0.416 e. The lowest BCUT2D eigenvalue weighted by Crippen LogP contribution is -2.58. The van der Waals surface area contributed by atoms with Crippen LogP contribution in [0.25, 0.3) is 4.85 Å². The predicted octanol–water partition coefficient (Wildman–Crippen LogP) is 6.18. The fourth-order valence-electron chi connectivity index (χ4n) is 6.55. The van der Waals surface area contributed by atoms with Crippen LogP contribution < -0.4 is 4.90 Å². The Kier molecular flexibility index (Phi) is 9.16. The number of alkyl halides is 3. The van der Waals surface area contributed by atoms with E-state index in [9.17, 15) is 36.4 Å². The van der Waals surface area contributed by atoms with Gasteiger partial charge in [0.05, 0.1) is 28.7 Å². The van der Waals surface area contributed by atoms with E-state index in [1.807, 2.05) is 6.07 Å². The molecule has 3 heterocycles. The molecule has 0 saturated carbocycles. The van der Waals surface area contributed by atoms with Gasteiger partial charge in [-0.2, -0.15) is 18.4 Å². The van der Waals surface area contributed by atoms with Crippen molar-refractivity contribution in [3.05, 3.63) is 82.0 Å². The maximum Gasteiger partial charge on any atom is 0.416 e. The van der Waals surface area contributed by atoms with Crippen LogP contribution in [0.4, 0.5) is 28.4 Å². The summed E-state index contributed by atoms with van der Waals surface area (Å²) in [7, 11) is -4.05. The smallest absolute Gasteiger partial charge is 0.324 e. The minimum atomic E-state index is -4.72. The van der Waals surface area contributed by atoms with E-state index in [0.717, 1.165) is 66.3 Å². The maximum absolute atomic E-state index is 14.4. The van der Waals surface area contributed by atoms with Crippen LogP contribution in [-0.4, -0.2) is 73.7 Å². The third kappa shape index (κ3) is 6.32. The Morgan fingerprint density at radius 3 is 2.30 bits per heavy atom. The van der Waals surface area contributed by atoms with Crippen molar-refractivity contribution in [1.29, 1.82) is 5.26 Å². The first kappa shape index (κ1) is 33.0. The second-order valence-corrected chi connectivity index (χ2v) is 13.7. The van der Waals surface area contributed by atoms with Crippen LogP contribution in [0.2, 0.25) is 0 Å². The molecule has 0 radical (unpaired) electrons. The average Bonchev–Trinajstić information content (AvgIpc) is 3.04. The normalized spacial score (nSPS) is 20.5. The highest BCUT2D eigenvalue weighted by molar-refractivity contribution is 7.90. The summed E-state index contributed by atoms with van der Waals surface area (Å²) in [5.41, 5.74) is -1.56. The van der Waals surface area contributed by atoms with E-state index < -0.39 is 39.7 Å². The average molecular weight is 655 g/mol. The number of nitriles is 1. The summed E-state index contributed by atoms with van der Waals surface area (Å²) in [4.78, 5) is 37.6. The van der Waals surface area contributed by atoms with Gasteiger partial charge in [0.25, 0.3) is 0 Å². The van der Waals surface area contributed by atoms with Crippen molar-refractivity contribution in [1.82, 2.24) is 14.7 Å². The lowest BCUT2D eigenvalue weighted by molar-refractivity contribution is -0.137. The maximum atomic E-state index is 14.4. The van der Waals surface area contributed by atoms with Gasteiger partial charge >= 0.3 is 18.2 Å². The van der Waals surface area contributed by atoms with Crippen molar-refractivity contribution in [2.45, 2.75) is 62.2 Å². The molecule has 2 fully saturated rings. The summed E-state index contributed by atoms with van der Waals surface area (Å²) < 4.78 is 67.0. The van der Waals surface area contributed by atoms with Gasteiger partial charge in [0.1, 0.15) is 6.04 Å². The summed E-state index contributed by atoms with van der Waals surface area (Å²) >= 11 is 0. The molecular weight excluding hydrogens is 621 g/mol. The minimum absolute atomic E-state index is 0.0135. The number of nitrogens with zero attached hydrogens (tertiary/aromatic N) is 6. The van der Waals surface area contributed by atoms with E-state index in [1.165, 1.54) is 36.4 Å². The zero-order valence-corrected chi connectivity index (χ0v) is 26.2. The first-order valence-corrected chi connectivity index (χ1v) is 16.8. The van der Waals surface area contributed by atoms with Crippen molar-refractivity contribution in [2.75, 3.05) is 37.3 Å². The molecule has 10 nitrogen and oxygen atoms in total. The van der Waals surface area contributed by atoms with E-state index in [4.69, 9.17) is 6.57 Å². The molecule has 0 spiro atoms. The number of carbonyl (C=O) groups excluding carboxylic acids is 2.